The molecule has 1 fully saturated rings. The maximum Gasteiger partial charge on any atom is 0.250 e. The number of likely N-dealkylation sites (tertiary alicyclic amines) is 1. The van der Waals surface area contributed by atoms with Crippen molar-refractivity contribution in [1.29, 1.82) is 0 Å². The van der Waals surface area contributed by atoms with Crippen LogP contribution in [-0.2, 0) is 17.8 Å². The molecule has 130 valence electrons. The lowest BCUT2D eigenvalue weighted by atomic mass is 9.83. The molecule has 2 aliphatic rings. The lowest BCUT2D eigenvalue weighted by Crippen LogP contribution is -2.48. The van der Waals surface area contributed by atoms with E-state index in [2.05, 4.69) is 0 Å². The number of hydrogen-bond donors (Lipinski definition) is 0. The summed E-state index contributed by atoms with van der Waals surface area (Å²) < 4.78 is 7.49. The summed E-state index contributed by atoms with van der Waals surface area (Å²) in [6.45, 7) is 4.12. The van der Waals surface area contributed by atoms with E-state index < -0.39 is 0 Å². The Morgan fingerprint density at radius 2 is 2.12 bits per heavy atom. The minimum absolute atomic E-state index is 0.0101. The number of pyridine rings is 1. The van der Waals surface area contributed by atoms with Gasteiger partial charge in [-0.2, -0.15) is 0 Å². The fourth-order valence-electron chi connectivity index (χ4n) is 4.01. The van der Waals surface area contributed by atoms with Gasteiger partial charge in [0.05, 0.1) is 0 Å². The highest BCUT2D eigenvalue weighted by Crippen LogP contribution is 2.35. The van der Waals surface area contributed by atoms with Crippen molar-refractivity contribution >= 4 is 12.0 Å². The summed E-state index contributed by atoms with van der Waals surface area (Å²) in [5.74, 6) is 2.23. The van der Waals surface area contributed by atoms with E-state index in [1.165, 1.54) is 0 Å². The normalized spacial score (nSPS) is 22.2. The van der Waals surface area contributed by atoms with Crippen LogP contribution in [0, 0.1) is 5.92 Å². The van der Waals surface area contributed by atoms with Gasteiger partial charge in [-0.15, -0.1) is 0 Å². The predicted octanol–water partition coefficient (Wildman–Crippen LogP) is 2.66. The van der Waals surface area contributed by atoms with Crippen molar-refractivity contribution < 1.29 is 9.21 Å². The van der Waals surface area contributed by atoms with Gasteiger partial charge in [-0.05, 0) is 36.6 Å². The lowest BCUT2D eigenvalue weighted by molar-refractivity contribution is -0.128. The number of aryl methyl sites for hydroxylation is 1. The molecule has 5 nitrogen and oxygen atoms in total. The second-order valence-electron chi connectivity index (χ2n) is 6.93. The van der Waals surface area contributed by atoms with Crippen molar-refractivity contribution in [3.8, 4) is 0 Å². The molecule has 0 spiro atoms. The number of rotatable bonds is 3. The van der Waals surface area contributed by atoms with E-state index in [-0.39, 0.29) is 17.4 Å². The predicted molar refractivity (Wildman–Crippen MR) is 95.3 cm³/mol. The molecule has 4 rings (SSSR count). The zero-order chi connectivity index (χ0) is 17.4. The maximum absolute atomic E-state index is 12.6. The molecule has 2 aromatic heterocycles. The summed E-state index contributed by atoms with van der Waals surface area (Å²) in [4.78, 5) is 26.5. The van der Waals surface area contributed by atoms with Crippen LogP contribution in [0.3, 0.4) is 0 Å². The molecular weight excluding hydrogens is 316 g/mol. The molecule has 0 aromatic carbocycles. The average Bonchev–Trinajstić information content (AvgIpc) is 3.08. The number of fused-ring (bicyclic) bond motifs is 4. The SMILES string of the molecule is CCc1ccc(C=CC(=O)N2CC3CC(C2)c2cccc(=O)n2C3)o1. The summed E-state index contributed by atoms with van der Waals surface area (Å²) in [5, 5.41) is 0. The number of amides is 1. The Morgan fingerprint density at radius 3 is 2.92 bits per heavy atom. The second-order valence-corrected chi connectivity index (χ2v) is 6.93. The van der Waals surface area contributed by atoms with E-state index in [4.69, 9.17) is 4.42 Å². The van der Waals surface area contributed by atoms with Crippen molar-refractivity contribution in [2.24, 2.45) is 5.92 Å². The van der Waals surface area contributed by atoms with Crippen LogP contribution in [0.4, 0.5) is 0 Å². The topological polar surface area (TPSA) is 55.5 Å². The molecule has 1 amide bonds. The van der Waals surface area contributed by atoms with Crippen LogP contribution in [0.5, 0.6) is 0 Å². The van der Waals surface area contributed by atoms with Gasteiger partial charge >= 0.3 is 0 Å². The molecule has 2 bridgehead atoms. The van der Waals surface area contributed by atoms with Crippen LogP contribution >= 0.6 is 0 Å². The molecule has 4 heterocycles. The van der Waals surface area contributed by atoms with Gasteiger partial charge in [0, 0.05) is 49.8 Å². The summed E-state index contributed by atoms with van der Waals surface area (Å²) in [7, 11) is 0. The molecule has 0 radical (unpaired) electrons. The quantitative estimate of drug-likeness (QED) is 0.809. The number of furan rings is 1. The standard InChI is InChI=1S/C20H22N2O3/c1-2-16-6-7-17(25-16)8-9-19(23)21-11-14-10-15(13-21)18-4-3-5-20(24)22(18)12-14/h3-9,14-15H,2,10-13H2,1H3. The summed E-state index contributed by atoms with van der Waals surface area (Å²) >= 11 is 0. The fourth-order valence-corrected chi connectivity index (χ4v) is 4.01. The Balaban J connectivity index is 1.50. The van der Waals surface area contributed by atoms with E-state index in [9.17, 15) is 9.59 Å². The number of carbonyl (C=O) groups is 1. The number of hydrogen-bond acceptors (Lipinski definition) is 3. The summed E-state index contributed by atoms with van der Waals surface area (Å²) in [6, 6.07) is 9.27. The van der Waals surface area contributed by atoms with Gasteiger partial charge in [0.15, 0.2) is 0 Å². The molecule has 1 saturated heterocycles. The highest BCUT2D eigenvalue weighted by Gasteiger charge is 2.35. The molecule has 2 atom stereocenters. The minimum atomic E-state index is 0.0101. The average molecular weight is 338 g/mol. The van der Waals surface area contributed by atoms with Crippen molar-refractivity contribution in [3.63, 3.8) is 0 Å². The van der Waals surface area contributed by atoms with E-state index in [1.54, 1.807) is 18.2 Å². The molecule has 0 saturated carbocycles. The van der Waals surface area contributed by atoms with Gasteiger partial charge in [0.2, 0.25) is 5.91 Å². The van der Waals surface area contributed by atoms with Crippen molar-refractivity contribution in [2.75, 3.05) is 13.1 Å². The zero-order valence-electron chi connectivity index (χ0n) is 14.4. The Labute approximate surface area is 146 Å². The van der Waals surface area contributed by atoms with E-state index in [1.807, 2.05) is 40.7 Å². The van der Waals surface area contributed by atoms with Crippen molar-refractivity contribution in [1.82, 2.24) is 9.47 Å². The van der Waals surface area contributed by atoms with Gasteiger partial charge < -0.3 is 13.9 Å². The molecule has 25 heavy (non-hydrogen) atoms. The minimum Gasteiger partial charge on any atom is -0.462 e. The molecular formula is C20H22N2O3. The van der Waals surface area contributed by atoms with Crippen molar-refractivity contribution in [2.45, 2.75) is 32.2 Å². The third kappa shape index (κ3) is 3.06. The highest BCUT2D eigenvalue weighted by molar-refractivity contribution is 5.91. The first-order valence-corrected chi connectivity index (χ1v) is 8.89. The number of carbonyl (C=O) groups excluding carboxylic acids is 1. The van der Waals surface area contributed by atoms with Crippen LogP contribution in [-0.4, -0.2) is 28.5 Å². The molecule has 0 aliphatic carbocycles. The second kappa shape index (κ2) is 6.39. The lowest BCUT2D eigenvalue weighted by Gasteiger charge is -2.42. The van der Waals surface area contributed by atoms with E-state index in [0.29, 0.717) is 31.3 Å². The first kappa shape index (κ1) is 15.9. The molecule has 5 heteroatoms. The molecule has 2 aliphatic heterocycles. The third-order valence-electron chi connectivity index (χ3n) is 5.21. The zero-order valence-corrected chi connectivity index (χ0v) is 14.4. The van der Waals surface area contributed by atoms with Crippen LogP contribution in [0.25, 0.3) is 6.08 Å². The molecule has 0 N–H and O–H groups in total. The van der Waals surface area contributed by atoms with Gasteiger partial charge in [-0.3, -0.25) is 9.59 Å². The van der Waals surface area contributed by atoms with Gasteiger partial charge in [0.25, 0.3) is 5.56 Å². The van der Waals surface area contributed by atoms with Gasteiger partial charge in [0.1, 0.15) is 11.5 Å². The van der Waals surface area contributed by atoms with Gasteiger partial charge in [-0.25, -0.2) is 0 Å². The number of nitrogens with zero attached hydrogens (tertiary/aromatic N) is 2. The smallest absolute Gasteiger partial charge is 0.250 e. The molecule has 2 aromatic rings. The largest absolute Gasteiger partial charge is 0.462 e. The fraction of sp³-hybridized carbons (Fsp3) is 0.400. The number of piperidine rings is 1. The maximum atomic E-state index is 12.6. The summed E-state index contributed by atoms with van der Waals surface area (Å²) in [5.41, 5.74) is 1.13. The van der Waals surface area contributed by atoms with E-state index >= 15 is 0 Å². The Bertz CT molecular complexity index is 877. The third-order valence-corrected chi connectivity index (χ3v) is 5.21. The number of aromatic nitrogens is 1. The van der Waals surface area contributed by atoms with Crippen LogP contribution < -0.4 is 5.56 Å². The Kier molecular flexibility index (Phi) is 4.07. The molecule has 2 unspecified atom stereocenters. The summed E-state index contributed by atoms with van der Waals surface area (Å²) in [6.07, 6.45) is 5.23. The highest BCUT2D eigenvalue weighted by atomic mass is 16.3. The van der Waals surface area contributed by atoms with Crippen LogP contribution in [0.15, 0.2) is 45.6 Å². The first-order chi connectivity index (χ1) is 12.1. The first-order valence-electron chi connectivity index (χ1n) is 8.89. The Morgan fingerprint density at radius 1 is 1.24 bits per heavy atom. The monoisotopic (exact) mass is 338 g/mol. The van der Waals surface area contributed by atoms with Gasteiger partial charge in [-0.1, -0.05) is 13.0 Å². The van der Waals surface area contributed by atoms with Crippen LogP contribution in [0.2, 0.25) is 0 Å². The van der Waals surface area contributed by atoms with Crippen molar-refractivity contribution in [3.05, 3.63) is 64.0 Å². The van der Waals surface area contributed by atoms with E-state index in [0.717, 1.165) is 24.3 Å². The van der Waals surface area contributed by atoms with Crippen LogP contribution in [0.1, 0.15) is 36.5 Å². The Hall–Kier alpha value is -2.56.